The summed E-state index contributed by atoms with van der Waals surface area (Å²) in [5, 5.41) is 13.8. The summed E-state index contributed by atoms with van der Waals surface area (Å²) in [6.07, 6.45) is -0.619. The molecule has 0 radical (unpaired) electrons. The molecule has 0 amide bonds. The van der Waals surface area contributed by atoms with Crippen LogP contribution in [0.25, 0.3) is 0 Å². The van der Waals surface area contributed by atoms with E-state index in [1.54, 1.807) is 18.2 Å². The molecule has 0 fully saturated rings. The van der Waals surface area contributed by atoms with Crippen LogP contribution in [0.4, 0.5) is 0 Å². The molecule has 0 saturated heterocycles. The SMILES string of the molecule is C[C@@H]([NH2+]C[C@@H](O)COc1cc(Cl)ccc1Cl)c1cccc(Cl)c1. The number of hydrogen-bond donors (Lipinski definition) is 2. The van der Waals surface area contributed by atoms with Crippen molar-refractivity contribution in [2.24, 2.45) is 0 Å². The Hall–Kier alpha value is -0.970. The molecule has 6 heteroatoms. The minimum absolute atomic E-state index is 0.152. The Morgan fingerprint density at radius 1 is 1.09 bits per heavy atom. The molecule has 2 aromatic carbocycles. The Bertz CT molecular complexity index is 651. The third kappa shape index (κ3) is 5.87. The van der Waals surface area contributed by atoms with Gasteiger partial charge in [-0.05, 0) is 31.2 Å². The number of aliphatic hydroxyl groups excluding tert-OH is 1. The zero-order valence-corrected chi connectivity index (χ0v) is 14.9. The quantitative estimate of drug-likeness (QED) is 0.775. The van der Waals surface area contributed by atoms with Crippen molar-refractivity contribution in [3.8, 4) is 5.75 Å². The largest absolute Gasteiger partial charge is 0.489 e. The lowest BCUT2D eigenvalue weighted by Gasteiger charge is -2.16. The molecule has 124 valence electrons. The van der Waals surface area contributed by atoms with Crippen LogP contribution in [0.15, 0.2) is 42.5 Å². The molecule has 0 heterocycles. The Morgan fingerprint density at radius 2 is 1.83 bits per heavy atom. The second-order valence-corrected chi connectivity index (χ2v) is 6.63. The third-order valence-corrected chi connectivity index (χ3v) is 4.24. The maximum Gasteiger partial charge on any atom is 0.139 e. The molecule has 23 heavy (non-hydrogen) atoms. The summed E-state index contributed by atoms with van der Waals surface area (Å²) >= 11 is 17.9. The minimum atomic E-state index is -0.619. The lowest BCUT2D eigenvalue weighted by atomic mass is 10.1. The van der Waals surface area contributed by atoms with Gasteiger partial charge in [0.05, 0.1) is 5.02 Å². The molecule has 3 N–H and O–H groups in total. The van der Waals surface area contributed by atoms with Crippen LogP contribution < -0.4 is 10.1 Å². The van der Waals surface area contributed by atoms with Crippen LogP contribution >= 0.6 is 34.8 Å². The lowest BCUT2D eigenvalue weighted by molar-refractivity contribution is -0.698. The number of benzene rings is 2. The zero-order valence-electron chi connectivity index (χ0n) is 12.7. The molecule has 0 aliphatic heterocycles. The maximum absolute atomic E-state index is 10.1. The minimum Gasteiger partial charge on any atom is -0.489 e. The van der Waals surface area contributed by atoms with E-state index in [1.807, 2.05) is 29.6 Å². The first-order valence-corrected chi connectivity index (χ1v) is 8.44. The first-order valence-electron chi connectivity index (χ1n) is 7.30. The van der Waals surface area contributed by atoms with Crippen molar-refractivity contribution in [1.82, 2.24) is 0 Å². The van der Waals surface area contributed by atoms with E-state index in [-0.39, 0.29) is 12.6 Å². The Morgan fingerprint density at radius 3 is 2.57 bits per heavy atom. The first-order chi connectivity index (χ1) is 11.0. The summed E-state index contributed by atoms with van der Waals surface area (Å²) in [6.45, 7) is 2.72. The van der Waals surface area contributed by atoms with E-state index in [2.05, 4.69) is 6.92 Å². The van der Waals surface area contributed by atoms with E-state index < -0.39 is 6.10 Å². The van der Waals surface area contributed by atoms with E-state index in [9.17, 15) is 5.11 Å². The standard InChI is InChI=1S/C17H18Cl3NO2/c1-11(12-3-2-4-13(18)7-12)21-9-15(22)10-23-17-8-14(19)5-6-16(17)20/h2-8,11,15,21-22H,9-10H2,1H3/p+1/t11-,15-/m1/s1. The molecule has 0 unspecified atom stereocenters. The Balaban J connectivity index is 1.81. The predicted octanol–water partition coefficient (Wildman–Crippen LogP) is 3.71. The van der Waals surface area contributed by atoms with E-state index in [4.69, 9.17) is 39.5 Å². The highest BCUT2D eigenvalue weighted by Gasteiger charge is 2.14. The maximum atomic E-state index is 10.1. The van der Waals surface area contributed by atoms with Crippen LogP contribution in [0.5, 0.6) is 5.75 Å². The fourth-order valence-electron chi connectivity index (χ4n) is 2.13. The Kier molecular flexibility index (Phi) is 7.00. The van der Waals surface area contributed by atoms with Crippen molar-refractivity contribution in [3.63, 3.8) is 0 Å². The van der Waals surface area contributed by atoms with Crippen molar-refractivity contribution in [2.45, 2.75) is 19.1 Å². The van der Waals surface area contributed by atoms with Crippen molar-refractivity contribution < 1.29 is 15.2 Å². The molecule has 0 aliphatic rings. The van der Waals surface area contributed by atoms with Crippen LogP contribution in [0, 0.1) is 0 Å². The normalized spacial score (nSPS) is 13.6. The molecule has 0 saturated carbocycles. The van der Waals surface area contributed by atoms with E-state index in [0.717, 1.165) is 5.56 Å². The second kappa shape index (κ2) is 8.76. The van der Waals surface area contributed by atoms with Gasteiger partial charge in [0.2, 0.25) is 0 Å². The highest BCUT2D eigenvalue weighted by Crippen LogP contribution is 2.27. The van der Waals surface area contributed by atoms with Gasteiger partial charge in [0.25, 0.3) is 0 Å². The number of hydrogen-bond acceptors (Lipinski definition) is 2. The lowest BCUT2D eigenvalue weighted by Crippen LogP contribution is -2.87. The molecule has 0 bridgehead atoms. The molecule has 0 aliphatic carbocycles. The molecule has 2 aromatic rings. The van der Waals surface area contributed by atoms with Gasteiger partial charge in [0, 0.05) is 21.7 Å². The number of nitrogens with two attached hydrogens (primary N) is 1. The summed E-state index contributed by atoms with van der Waals surface area (Å²) in [4.78, 5) is 0. The highest BCUT2D eigenvalue weighted by molar-refractivity contribution is 6.34. The van der Waals surface area contributed by atoms with E-state index in [0.29, 0.717) is 27.4 Å². The highest BCUT2D eigenvalue weighted by atomic mass is 35.5. The summed E-state index contributed by atoms with van der Waals surface area (Å²) in [6, 6.07) is 12.9. The summed E-state index contributed by atoms with van der Waals surface area (Å²) in [5.74, 6) is 0.473. The van der Waals surface area contributed by atoms with E-state index >= 15 is 0 Å². The smallest absolute Gasteiger partial charge is 0.139 e. The third-order valence-electron chi connectivity index (χ3n) is 3.46. The average molecular weight is 376 g/mol. The molecule has 0 spiro atoms. The number of aliphatic hydroxyl groups is 1. The van der Waals surface area contributed by atoms with Gasteiger partial charge in [0.1, 0.15) is 31.0 Å². The fourth-order valence-corrected chi connectivity index (χ4v) is 2.66. The average Bonchev–Trinajstić information content (AvgIpc) is 2.53. The summed E-state index contributed by atoms with van der Waals surface area (Å²) < 4.78 is 5.53. The van der Waals surface area contributed by atoms with Gasteiger partial charge in [-0.2, -0.15) is 0 Å². The van der Waals surface area contributed by atoms with Gasteiger partial charge in [-0.15, -0.1) is 0 Å². The molecule has 2 rings (SSSR count). The van der Waals surface area contributed by atoms with Crippen LogP contribution in [0.1, 0.15) is 18.5 Å². The zero-order chi connectivity index (χ0) is 16.8. The van der Waals surface area contributed by atoms with Crippen molar-refractivity contribution in [3.05, 3.63) is 63.1 Å². The van der Waals surface area contributed by atoms with Gasteiger partial charge in [0.15, 0.2) is 0 Å². The molecule has 0 aromatic heterocycles. The predicted molar refractivity (Wildman–Crippen MR) is 94.6 cm³/mol. The van der Waals surface area contributed by atoms with Crippen LogP contribution in [-0.2, 0) is 0 Å². The summed E-state index contributed by atoms with van der Waals surface area (Å²) in [5.41, 5.74) is 1.11. The van der Waals surface area contributed by atoms with Crippen LogP contribution in [-0.4, -0.2) is 24.4 Å². The van der Waals surface area contributed by atoms with Crippen LogP contribution in [0.2, 0.25) is 15.1 Å². The monoisotopic (exact) mass is 374 g/mol. The second-order valence-electron chi connectivity index (χ2n) is 5.35. The molecule has 3 nitrogen and oxygen atoms in total. The molecular formula is C17H19Cl3NO2+. The van der Waals surface area contributed by atoms with Crippen molar-refractivity contribution in [2.75, 3.05) is 13.2 Å². The van der Waals surface area contributed by atoms with Gasteiger partial charge in [-0.1, -0.05) is 46.9 Å². The van der Waals surface area contributed by atoms with Gasteiger partial charge in [-0.3, -0.25) is 0 Å². The van der Waals surface area contributed by atoms with Gasteiger partial charge in [-0.25, -0.2) is 0 Å². The van der Waals surface area contributed by atoms with Gasteiger partial charge >= 0.3 is 0 Å². The van der Waals surface area contributed by atoms with Crippen molar-refractivity contribution >= 4 is 34.8 Å². The first kappa shape index (κ1) is 18.4. The number of ether oxygens (including phenoxy) is 1. The number of halogens is 3. The van der Waals surface area contributed by atoms with Crippen molar-refractivity contribution in [1.29, 1.82) is 0 Å². The van der Waals surface area contributed by atoms with Crippen LogP contribution in [0.3, 0.4) is 0 Å². The fraction of sp³-hybridized carbons (Fsp3) is 0.294. The van der Waals surface area contributed by atoms with E-state index in [1.165, 1.54) is 0 Å². The number of rotatable bonds is 7. The number of quaternary nitrogens is 1. The van der Waals surface area contributed by atoms with Gasteiger partial charge < -0.3 is 15.2 Å². The summed E-state index contributed by atoms with van der Waals surface area (Å²) in [7, 11) is 0. The Labute approximate surface area is 151 Å². The molecular weight excluding hydrogens is 357 g/mol. The topological polar surface area (TPSA) is 46.1 Å². The molecule has 2 atom stereocenters.